The zero-order valence-corrected chi connectivity index (χ0v) is 14.8. The fraction of sp³-hybridized carbons (Fsp3) is 0.211. The summed E-state index contributed by atoms with van der Waals surface area (Å²) in [6.45, 7) is 0.344. The summed E-state index contributed by atoms with van der Waals surface area (Å²) in [7, 11) is 1.56. The van der Waals surface area contributed by atoms with Gasteiger partial charge in [-0.05, 0) is 24.3 Å². The van der Waals surface area contributed by atoms with Crippen molar-refractivity contribution < 1.29 is 19.1 Å². The van der Waals surface area contributed by atoms with Crippen molar-refractivity contribution in [3.05, 3.63) is 54.1 Å². The minimum Gasteiger partial charge on any atom is -0.497 e. The number of amides is 4. The van der Waals surface area contributed by atoms with Crippen molar-refractivity contribution in [2.24, 2.45) is 5.73 Å². The van der Waals surface area contributed by atoms with Crippen molar-refractivity contribution in [3.8, 4) is 5.75 Å². The standard InChI is InChI=1S/C19H20N4O4/c1-27-14-6-4-5-13(10-14)23-11-12(9-17(23)24)21-19(26)22-16-8-3-2-7-15(16)18(20)25/h2-8,10,12H,9,11H2,1H3,(H2,20,25)(H2,21,22,26). The molecule has 1 unspecified atom stereocenters. The highest BCUT2D eigenvalue weighted by Gasteiger charge is 2.31. The maximum absolute atomic E-state index is 12.3. The number of nitrogens with one attached hydrogen (secondary N) is 2. The number of carbonyl (C=O) groups excluding carboxylic acids is 3. The van der Waals surface area contributed by atoms with E-state index in [9.17, 15) is 14.4 Å². The topological polar surface area (TPSA) is 114 Å². The van der Waals surface area contributed by atoms with Gasteiger partial charge in [-0.3, -0.25) is 9.59 Å². The van der Waals surface area contributed by atoms with Crippen molar-refractivity contribution in [2.75, 3.05) is 23.9 Å². The Balaban J connectivity index is 1.64. The van der Waals surface area contributed by atoms with Gasteiger partial charge in [-0.2, -0.15) is 0 Å². The summed E-state index contributed by atoms with van der Waals surface area (Å²) in [6.07, 6.45) is 0.183. The van der Waals surface area contributed by atoms with Gasteiger partial charge in [0.25, 0.3) is 5.91 Å². The van der Waals surface area contributed by atoms with Crippen LogP contribution in [0.2, 0.25) is 0 Å². The lowest BCUT2D eigenvalue weighted by Crippen LogP contribution is -2.40. The van der Waals surface area contributed by atoms with Gasteiger partial charge in [0.05, 0.1) is 24.4 Å². The Labute approximate surface area is 156 Å². The Morgan fingerprint density at radius 2 is 1.96 bits per heavy atom. The predicted molar refractivity (Wildman–Crippen MR) is 101 cm³/mol. The highest BCUT2D eigenvalue weighted by molar-refractivity contribution is 6.03. The van der Waals surface area contributed by atoms with Gasteiger partial charge >= 0.3 is 6.03 Å². The molecule has 2 aromatic carbocycles. The summed E-state index contributed by atoms with van der Waals surface area (Å²) in [5.74, 6) is -0.0743. The first-order valence-electron chi connectivity index (χ1n) is 8.38. The SMILES string of the molecule is COc1cccc(N2CC(NC(=O)Nc3ccccc3C(N)=O)CC2=O)c1. The van der Waals surface area contributed by atoms with Crippen LogP contribution in [0, 0.1) is 0 Å². The second kappa shape index (κ2) is 7.77. The Kier molecular flexibility index (Phi) is 5.25. The van der Waals surface area contributed by atoms with Crippen molar-refractivity contribution >= 4 is 29.2 Å². The van der Waals surface area contributed by atoms with E-state index >= 15 is 0 Å². The Morgan fingerprint density at radius 3 is 2.70 bits per heavy atom. The molecule has 0 saturated carbocycles. The second-order valence-corrected chi connectivity index (χ2v) is 6.12. The highest BCUT2D eigenvalue weighted by atomic mass is 16.5. The molecule has 1 atom stereocenters. The fourth-order valence-electron chi connectivity index (χ4n) is 2.98. The highest BCUT2D eigenvalue weighted by Crippen LogP contribution is 2.25. The molecular weight excluding hydrogens is 348 g/mol. The van der Waals surface area contributed by atoms with Gasteiger partial charge in [0.1, 0.15) is 5.75 Å². The molecule has 8 heteroatoms. The van der Waals surface area contributed by atoms with E-state index in [1.807, 2.05) is 6.07 Å². The Morgan fingerprint density at radius 1 is 1.19 bits per heavy atom. The van der Waals surface area contributed by atoms with Crippen LogP contribution in [0.5, 0.6) is 5.75 Å². The molecule has 0 aromatic heterocycles. The van der Waals surface area contributed by atoms with E-state index in [-0.39, 0.29) is 23.9 Å². The zero-order chi connectivity index (χ0) is 19.4. The molecule has 0 bridgehead atoms. The first kappa shape index (κ1) is 18.2. The third kappa shape index (κ3) is 4.17. The average Bonchev–Trinajstić information content (AvgIpc) is 3.02. The van der Waals surface area contributed by atoms with E-state index in [4.69, 9.17) is 10.5 Å². The third-order valence-electron chi connectivity index (χ3n) is 4.27. The number of methoxy groups -OCH3 is 1. The lowest BCUT2D eigenvalue weighted by molar-refractivity contribution is -0.117. The third-order valence-corrected chi connectivity index (χ3v) is 4.27. The second-order valence-electron chi connectivity index (χ2n) is 6.12. The molecule has 0 spiro atoms. The molecule has 1 aliphatic rings. The van der Waals surface area contributed by atoms with Gasteiger partial charge in [0, 0.05) is 24.7 Å². The van der Waals surface area contributed by atoms with E-state index in [1.54, 1.807) is 48.4 Å². The molecule has 0 aliphatic carbocycles. The number of nitrogens with two attached hydrogens (primary N) is 1. The summed E-state index contributed by atoms with van der Waals surface area (Å²) in [6, 6.07) is 12.8. The molecule has 1 fully saturated rings. The fourth-order valence-corrected chi connectivity index (χ4v) is 2.98. The number of benzene rings is 2. The summed E-state index contributed by atoms with van der Waals surface area (Å²) in [4.78, 5) is 37.6. The van der Waals surface area contributed by atoms with Crippen LogP contribution in [0.3, 0.4) is 0 Å². The van der Waals surface area contributed by atoms with Gasteiger partial charge < -0.3 is 26.0 Å². The van der Waals surface area contributed by atoms with Crippen LogP contribution in [-0.2, 0) is 4.79 Å². The van der Waals surface area contributed by atoms with Gasteiger partial charge in [0.15, 0.2) is 0 Å². The minimum absolute atomic E-state index is 0.0916. The predicted octanol–water partition coefficient (Wildman–Crippen LogP) is 1.72. The lowest BCUT2D eigenvalue weighted by atomic mass is 10.1. The molecule has 2 aromatic rings. The van der Waals surface area contributed by atoms with E-state index in [1.165, 1.54) is 6.07 Å². The monoisotopic (exact) mass is 368 g/mol. The molecule has 1 heterocycles. The molecular formula is C19H20N4O4. The Bertz CT molecular complexity index is 884. The van der Waals surface area contributed by atoms with Crippen LogP contribution < -0.4 is 26.0 Å². The van der Waals surface area contributed by atoms with E-state index in [0.29, 0.717) is 23.7 Å². The van der Waals surface area contributed by atoms with Gasteiger partial charge in [0.2, 0.25) is 5.91 Å². The molecule has 4 N–H and O–H groups in total. The first-order valence-corrected chi connectivity index (χ1v) is 8.38. The Hall–Kier alpha value is -3.55. The number of para-hydroxylation sites is 1. The number of nitrogens with zero attached hydrogens (tertiary/aromatic N) is 1. The van der Waals surface area contributed by atoms with Gasteiger partial charge in [-0.15, -0.1) is 0 Å². The summed E-state index contributed by atoms with van der Waals surface area (Å²) < 4.78 is 5.18. The van der Waals surface area contributed by atoms with E-state index in [0.717, 1.165) is 0 Å². The van der Waals surface area contributed by atoms with Crippen LogP contribution >= 0.6 is 0 Å². The molecule has 8 nitrogen and oxygen atoms in total. The van der Waals surface area contributed by atoms with Crippen molar-refractivity contribution in [2.45, 2.75) is 12.5 Å². The van der Waals surface area contributed by atoms with Crippen molar-refractivity contribution in [1.82, 2.24) is 5.32 Å². The first-order chi connectivity index (χ1) is 13.0. The number of hydrogen-bond acceptors (Lipinski definition) is 4. The molecule has 1 saturated heterocycles. The van der Waals surface area contributed by atoms with Crippen LogP contribution in [0.15, 0.2) is 48.5 Å². The van der Waals surface area contributed by atoms with Crippen LogP contribution in [-0.4, -0.2) is 37.5 Å². The van der Waals surface area contributed by atoms with Crippen molar-refractivity contribution in [3.63, 3.8) is 0 Å². The largest absolute Gasteiger partial charge is 0.497 e. The van der Waals surface area contributed by atoms with Gasteiger partial charge in [-0.1, -0.05) is 18.2 Å². The summed E-state index contributed by atoms with van der Waals surface area (Å²) >= 11 is 0. The minimum atomic E-state index is -0.633. The van der Waals surface area contributed by atoms with Gasteiger partial charge in [-0.25, -0.2) is 4.79 Å². The maximum atomic E-state index is 12.3. The average molecular weight is 368 g/mol. The number of rotatable bonds is 5. The zero-order valence-electron chi connectivity index (χ0n) is 14.8. The normalized spacial score (nSPS) is 16.1. The van der Waals surface area contributed by atoms with E-state index < -0.39 is 11.9 Å². The molecule has 0 radical (unpaired) electrons. The number of primary amides is 1. The summed E-state index contributed by atoms with van der Waals surface area (Å²) in [5.41, 5.74) is 6.55. The summed E-state index contributed by atoms with van der Waals surface area (Å²) in [5, 5.41) is 5.36. The number of carbonyl (C=O) groups is 3. The molecule has 3 rings (SSSR count). The number of anilines is 2. The van der Waals surface area contributed by atoms with Crippen LogP contribution in [0.25, 0.3) is 0 Å². The number of urea groups is 1. The number of hydrogen-bond donors (Lipinski definition) is 3. The van der Waals surface area contributed by atoms with Crippen LogP contribution in [0.1, 0.15) is 16.8 Å². The lowest BCUT2D eigenvalue weighted by Gasteiger charge is -2.18. The molecule has 27 heavy (non-hydrogen) atoms. The molecule has 140 valence electrons. The number of ether oxygens (including phenoxy) is 1. The quantitative estimate of drug-likeness (QED) is 0.745. The van der Waals surface area contributed by atoms with Crippen LogP contribution in [0.4, 0.5) is 16.2 Å². The maximum Gasteiger partial charge on any atom is 0.319 e. The van der Waals surface area contributed by atoms with E-state index in [2.05, 4.69) is 10.6 Å². The smallest absolute Gasteiger partial charge is 0.319 e. The molecule has 1 aliphatic heterocycles. The molecule has 4 amide bonds. The van der Waals surface area contributed by atoms with Crippen molar-refractivity contribution in [1.29, 1.82) is 0 Å².